The Kier molecular flexibility index (Phi) is 6.80. The Balaban J connectivity index is 1.85. The zero-order valence-corrected chi connectivity index (χ0v) is 17.8. The van der Waals surface area contributed by atoms with Gasteiger partial charge in [-0.1, -0.05) is 36.9 Å². The number of hydrogen-bond acceptors (Lipinski definition) is 6. The van der Waals surface area contributed by atoms with Crippen LogP contribution in [0.1, 0.15) is 29.8 Å². The van der Waals surface area contributed by atoms with Gasteiger partial charge >= 0.3 is 0 Å². The van der Waals surface area contributed by atoms with E-state index in [0.717, 1.165) is 0 Å². The van der Waals surface area contributed by atoms with E-state index < -0.39 is 17.3 Å². The Bertz CT molecular complexity index is 1190. The average molecular weight is 429 g/mol. The molecule has 3 aromatic carbocycles. The molecule has 1 amide bonds. The number of carbonyl (C=O) groups excluding carboxylic acids is 2. The van der Waals surface area contributed by atoms with Gasteiger partial charge in [0.2, 0.25) is 0 Å². The molecule has 0 aromatic heterocycles. The number of amides is 1. The molecule has 0 heterocycles. The number of hydrogen-bond donors (Lipinski definition) is 2. The molecular weight excluding hydrogens is 406 g/mol. The van der Waals surface area contributed by atoms with Crippen LogP contribution in [-0.2, 0) is 4.79 Å². The molecule has 0 bridgehead atoms. The lowest BCUT2D eigenvalue weighted by atomic mass is 10.0. The second kappa shape index (κ2) is 9.70. The van der Waals surface area contributed by atoms with Crippen LogP contribution in [-0.4, -0.2) is 28.4 Å². The van der Waals surface area contributed by atoms with E-state index >= 15 is 0 Å². The Morgan fingerprint density at radius 3 is 2.16 bits per heavy atom. The van der Waals surface area contributed by atoms with Crippen LogP contribution in [0.2, 0.25) is 0 Å². The van der Waals surface area contributed by atoms with Gasteiger partial charge in [0.25, 0.3) is 5.91 Å². The summed E-state index contributed by atoms with van der Waals surface area (Å²) in [5, 5.41) is 28.4. The first kappa shape index (κ1) is 22.4. The number of benzene rings is 3. The quantitative estimate of drug-likeness (QED) is 0.218. The number of aromatic hydroxyl groups is 2. The van der Waals surface area contributed by atoms with Crippen molar-refractivity contribution >= 4 is 28.8 Å². The van der Waals surface area contributed by atoms with Gasteiger partial charge in [-0.3, -0.25) is 9.59 Å². The largest absolute Gasteiger partial charge is 0.504 e. The molecule has 7 heteroatoms. The van der Waals surface area contributed by atoms with Crippen molar-refractivity contribution in [2.45, 2.75) is 13.8 Å². The molecule has 0 fully saturated rings. The topological polar surface area (TPSA) is 103 Å². The number of nitrogens with zero attached hydrogens (tertiary/aromatic N) is 3. The van der Waals surface area contributed by atoms with Crippen LogP contribution < -0.4 is 4.90 Å². The van der Waals surface area contributed by atoms with Crippen molar-refractivity contribution in [2.24, 2.45) is 10.2 Å². The fourth-order valence-corrected chi connectivity index (χ4v) is 3.07. The summed E-state index contributed by atoms with van der Waals surface area (Å²) in [5.74, 6) is -1.57. The third kappa shape index (κ3) is 4.89. The molecule has 0 radical (unpaired) electrons. The van der Waals surface area contributed by atoms with Crippen molar-refractivity contribution in [1.29, 1.82) is 0 Å². The van der Waals surface area contributed by atoms with Crippen molar-refractivity contribution in [3.63, 3.8) is 0 Å². The molecule has 162 valence electrons. The molecule has 0 aliphatic rings. The zero-order valence-electron chi connectivity index (χ0n) is 17.8. The highest BCUT2D eigenvalue weighted by atomic mass is 16.3. The summed E-state index contributed by atoms with van der Waals surface area (Å²) in [5.41, 5.74) is 2.17. The third-order valence-corrected chi connectivity index (χ3v) is 4.72. The van der Waals surface area contributed by atoms with Crippen LogP contribution in [0.4, 0.5) is 17.1 Å². The second-order valence-corrected chi connectivity index (χ2v) is 7.10. The van der Waals surface area contributed by atoms with E-state index in [9.17, 15) is 19.8 Å². The van der Waals surface area contributed by atoms with Crippen molar-refractivity contribution in [2.75, 3.05) is 11.4 Å². The maximum absolute atomic E-state index is 12.7. The lowest BCUT2D eigenvalue weighted by Crippen LogP contribution is -2.30. The number of likely N-dealkylation sites (N-methyl/N-ethyl adjacent to an activating group) is 1. The van der Waals surface area contributed by atoms with Crippen molar-refractivity contribution < 1.29 is 19.8 Å². The van der Waals surface area contributed by atoms with Gasteiger partial charge < -0.3 is 15.1 Å². The van der Waals surface area contributed by atoms with Gasteiger partial charge in [0, 0.05) is 29.4 Å². The molecule has 2 N–H and O–H groups in total. The van der Waals surface area contributed by atoms with Crippen LogP contribution in [0, 0.1) is 0 Å². The summed E-state index contributed by atoms with van der Waals surface area (Å²) in [6.45, 7) is 7.73. The van der Waals surface area contributed by atoms with Crippen molar-refractivity contribution in [3.05, 3.63) is 90.0 Å². The summed E-state index contributed by atoms with van der Waals surface area (Å²) < 4.78 is 0. The molecule has 0 atom stereocenters. The average Bonchev–Trinajstić information content (AvgIpc) is 2.81. The summed E-state index contributed by atoms with van der Waals surface area (Å²) in [7, 11) is 0. The normalized spacial score (nSPS) is 10.8. The fraction of sp³-hybridized carbons (Fsp3) is 0.120. The van der Waals surface area contributed by atoms with Gasteiger partial charge in [-0.05, 0) is 44.2 Å². The van der Waals surface area contributed by atoms with Gasteiger partial charge in [-0.2, -0.15) is 10.2 Å². The minimum atomic E-state index is -0.510. The van der Waals surface area contributed by atoms with E-state index in [0.29, 0.717) is 29.1 Å². The summed E-state index contributed by atoms with van der Waals surface area (Å²) >= 11 is 0. The third-order valence-electron chi connectivity index (χ3n) is 4.72. The Morgan fingerprint density at radius 1 is 0.938 bits per heavy atom. The Morgan fingerprint density at radius 2 is 1.56 bits per heavy atom. The number of phenols is 2. The molecule has 0 saturated carbocycles. The van der Waals surface area contributed by atoms with E-state index in [4.69, 9.17) is 0 Å². The maximum atomic E-state index is 12.7. The minimum absolute atomic E-state index is 0.0719. The molecule has 3 rings (SSSR count). The monoisotopic (exact) mass is 429 g/mol. The molecular formula is C25H23N3O4. The van der Waals surface area contributed by atoms with E-state index in [-0.39, 0.29) is 17.2 Å². The summed E-state index contributed by atoms with van der Waals surface area (Å²) in [6.07, 6.45) is 0. The zero-order chi connectivity index (χ0) is 23.3. The van der Waals surface area contributed by atoms with E-state index in [1.165, 1.54) is 12.1 Å². The fourth-order valence-electron chi connectivity index (χ4n) is 3.07. The van der Waals surface area contributed by atoms with Crippen molar-refractivity contribution in [1.82, 2.24) is 0 Å². The molecule has 7 nitrogen and oxygen atoms in total. The number of ketones is 1. The van der Waals surface area contributed by atoms with E-state index in [1.807, 2.05) is 6.92 Å². The number of carbonyl (C=O) groups is 2. The van der Waals surface area contributed by atoms with Crippen LogP contribution >= 0.6 is 0 Å². The number of rotatable bonds is 7. The molecule has 3 aromatic rings. The van der Waals surface area contributed by atoms with Gasteiger partial charge in [0.1, 0.15) is 0 Å². The first-order valence-corrected chi connectivity index (χ1v) is 9.96. The van der Waals surface area contributed by atoms with Crippen LogP contribution in [0.5, 0.6) is 11.5 Å². The molecule has 0 unspecified atom stereocenters. The van der Waals surface area contributed by atoms with Crippen LogP contribution in [0.25, 0.3) is 0 Å². The first-order valence-electron chi connectivity index (χ1n) is 9.96. The predicted molar refractivity (Wildman–Crippen MR) is 123 cm³/mol. The summed E-state index contributed by atoms with van der Waals surface area (Å²) in [6, 6.07) is 17.9. The number of azo groups is 1. The highest BCUT2D eigenvalue weighted by Gasteiger charge is 2.18. The first-order chi connectivity index (χ1) is 15.3. The highest BCUT2D eigenvalue weighted by molar-refractivity contribution is 6.11. The molecule has 0 saturated heterocycles. The highest BCUT2D eigenvalue weighted by Crippen LogP contribution is 2.36. The van der Waals surface area contributed by atoms with Gasteiger partial charge in [-0.25, -0.2) is 0 Å². The summed E-state index contributed by atoms with van der Waals surface area (Å²) in [4.78, 5) is 26.5. The number of phenolic OH excluding ortho intramolecular Hbond substituents is 2. The molecule has 0 aliphatic heterocycles. The van der Waals surface area contributed by atoms with Crippen molar-refractivity contribution in [3.8, 4) is 11.5 Å². The second-order valence-electron chi connectivity index (χ2n) is 7.10. The molecule has 0 aliphatic carbocycles. The minimum Gasteiger partial charge on any atom is -0.504 e. The predicted octanol–water partition coefficient (Wildman–Crippen LogP) is 5.67. The Labute approximate surface area is 186 Å². The van der Waals surface area contributed by atoms with E-state index in [1.54, 1.807) is 66.4 Å². The van der Waals surface area contributed by atoms with Gasteiger partial charge in [0.15, 0.2) is 17.3 Å². The lowest BCUT2D eigenvalue weighted by Gasteiger charge is -2.21. The smallest absolute Gasteiger partial charge is 0.253 e. The van der Waals surface area contributed by atoms with Gasteiger partial charge in [0.05, 0.1) is 16.9 Å². The number of anilines is 1. The standard InChI is InChI=1S/C25H23N3O4/c1-4-28(25(32)16(2)3)20-12-10-18(11-13-20)26-27-19-14-21(24(31)22(29)15-19)23(30)17-8-6-5-7-9-17/h5-15,29,31H,2,4H2,1,3H3. The Hall–Kier alpha value is -4.26. The van der Waals surface area contributed by atoms with Gasteiger partial charge in [-0.15, -0.1) is 0 Å². The SMILES string of the molecule is C=C(C)C(=O)N(CC)c1ccc(N=Nc2cc(O)c(O)c(C(=O)c3ccccc3)c2)cc1. The lowest BCUT2D eigenvalue weighted by molar-refractivity contribution is -0.115. The molecule has 32 heavy (non-hydrogen) atoms. The molecule has 0 spiro atoms. The van der Waals surface area contributed by atoms with Crippen LogP contribution in [0.3, 0.4) is 0 Å². The van der Waals surface area contributed by atoms with E-state index in [2.05, 4.69) is 16.8 Å². The maximum Gasteiger partial charge on any atom is 0.253 e. The van der Waals surface area contributed by atoms with Crippen LogP contribution in [0.15, 0.2) is 89.1 Å².